The van der Waals surface area contributed by atoms with Crippen LogP contribution in [0.2, 0.25) is 0 Å². The molecule has 1 aliphatic rings. The van der Waals surface area contributed by atoms with Crippen molar-refractivity contribution in [3.05, 3.63) is 46.8 Å². The smallest absolute Gasteiger partial charge is 0.326 e. The summed E-state index contributed by atoms with van der Waals surface area (Å²) in [6, 6.07) is 7.27. The van der Waals surface area contributed by atoms with Gasteiger partial charge in [-0.15, -0.1) is 0 Å². The van der Waals surface area contributed by atoms with Gasteiger partial charge in [0, 0.05) is 12.1 Å². The average molecular weight is 349 g/mol. The van der Waals surface area contributed by atoms with Gasteiger partial charge in [0.15, 0.2) is 0 Å². The van der Waals surface area contributed by atoms with E-state index in [1.807, 2.05) is 12.1 Å². The number of para-hydroxylation sites is 1. The molecule has 2 heterocycles. The fraction of sp³-hybridized carbons (Fsp3) is 0.375. The van der Waals surface area contributed by atoms with Crippen molar-refractivity contribution in [2.75, 3.05) is 10.8 Å². The van der Waals surface area contributed by atoms with E-state index in [2.05, 4.69) is 9.88 Å². The number of carbonyl (C=O) groups excluding carboxylic acids is 1. The van der Waals surface area contributed by atoms with E-state index in [9.17, 15) is 13.2 Å². The highest BCUT2D eigenvalue weighted by molar-refractivity contribution is 7.91. The van der Waals surface area contributed by atoms with Gasteiger partial charge in [0.05, 0.1) is 17.3 Å². The van der Waals surface area contributed by atoms with Crippen molar-refractivity contribution in [3.8, 4) is 0 Å². The van der Waals surface area contributed by atoms with Crippen LogP contribution < -0.4 is 9.03 Å². The zero-order valence-corrected chi connectivity index (χ0v) is 14.6. The number of hydrogen-bond donors (Lipinski definition) is 1. The molecule has 1 atom stereocenters. The van der Waals surface area contributed by atoms with Crippen LogP contribution in [0.25, 0.3) is 0 Å². The van der Waals surface area contributed by atoms with Crippen molar-refractivity contribution in [2.24, 2.45) is 0 Å². The third kappa shape index (κ3) is 2.77. The van der Waals surface area contributed by atoms with Gasteiger partial charge in [0.25, 0.3) is 0 Å². The van der Waals surface area contributed by atoms with E-state index < -0.39 is 22.0 Å². The van der Waals surface area contributed by atoms with Crippen LogP contribution in [0.1, 0.15) is 35.4 Å². The second-order valence-corrected chi connectivity index (χ2v) is 7.48. The van der Waals surface area contributed by atoms with Gasteiger partial charge in [0.2, 0.25) is 5.91 Å². The third-order valence-electron chi connectivity index (χ3n) is 4.28. The van der Waals surface area contributed by atoms with Gasteiger partial charge in [-0.05, 0) is 38.8 Å². The lowest BCUT2D eigenvalue weighted by Gasteiger charge is -2.21. The van der Waals surface area contributed by atoms with E-state index in [1.54, 1.807) is 32.9 Å². The van der Waals surface area contributed by atoms with Crippen molar-refractivity contribution < 1.29 is 17.7 Å². The summed E-state index contributed by atoms with van der Waals surface area (Å²) < 4.78 is 33.7. The van der Waals surface area contributed by atoms with E-state index in [-0.39, 0.29) is 0 Å². The SMILES string of the molecule is Cc1noc(C)c1C(C)C(=O)NS(=O)(=O)N1CCc2ccccc21. The highest BCUT2D eigenvalue weighted by Crippen LogP contribution is 2.30. The normalized spacial score (nSPS) is 15.2. The Bertz CT molecular complexity index is 869. The van der Waals surface area contributed by atoms with Crippen molar-refractivity contribution in [2.45, 2.75) is 33.1 Å². The molecule has 0 fully saturated rings. The van der Waals surface area contributed by atoms with Gasteiger partial charge in [-0.25, -0.2) is 4.72 Å². The summed E-state index contributed by atoms with van der Waals surface area (Å²) in [5.74, 6) is -0.767. The number of rotatable bonds is 4. The lowest BCUT2D eigenvalue weighted by Crippen LogP contribution is -2.44. The van der Waals surface area contributed by atoms with Gasteiger partial charge in [-0.2, -0.15) is 8.42 Å². The van der Waals surface area contributed by atoms with Gasteiger partial charge in [-0.1, -0.05) is 23.4 Å². The Kier molecular flexibility index (Phi) is 4.08. The summed E-state index contributed by atoms with van der Waals surface area (Å²) in [4.78, 5) is 12.4. The Morgan fingerprint density at radius 3 is 2.71 bits per heavy atom. The monoisotopic (exact) mass is 349 g/mol. The molecule has 1 unspecified atom stereocenters. The number of carbonyl (C=O) groups is 1. The van der Waals surface area contributed by atoms with Crippen LogP contribution in [0.4, 0.5) is 5.69 Å². The molecule has 1 aliphatic heterocycles. The Hall–Kier alpha value is -2.35. The summed E-state index contributed by atoms with van der Waals surface area (Å²) in [7, 11) is -3.95. The number of nitrogens with one attached hydrogen (secondary N) is 1. The molecule has 1 N–H and O–H groups in total. The van der Waals surface area contributed by atoms with E-state index in [1.165, 1.54) is 4.31 Å². The van der Waals surface area contributed by atoms with Crippen LogP contribution in [-0.4, -0.2) is 26.0 Å². The first kappa shape index (κ1) is 16.5. The topological polar surface area (TPSA) is 92.5 Å². The number of anilines is 1. The van der Waals surface area contributed by atoms with Gasteiger partial charge in [0.1, 0.15) is 5.76 Å². The lowest BCUT2D eigenvalue weighted by atomic mass is 9.99. The van der Waals surface area contributed by atoms with E-state index in [0.717, 1.165) is 5.56 Å². The first-order chi connectivity index (χ1) is 11.3. The van der Waals surface area contributed by atoms with Crippen molar-refractivity contribution in [1.29, 1.82) is 0 Å². The molecular weight excluding hydrogens is 330 g/mol. The lowest BCUT2D eigenvalue weighted by molar-refractivity contribution is -0.120. The molecule has 0 saturated heterocycles. The van der Waals surface area contributed by atoms with Gasteiger partial charge >= 0.3 is 10.2 Å². The summed E-state index contributed by atoms with van der Waals surface area (Å²) in [5, 5.41) is 3.81. The number of nitrogens with zero attached hydrogens (tertiary/aromatic N) is 2. The van der Waals surface area contributed by atoms with Crippen LogP contribution in [0, 0.1) is 13.8 Å². The molecule has 1 aromatic heterocycles. The summed E-state index contributed by atoms with van der Waals surface area (Å²) >= 11 is 0. The fourth-order valence-corrected chi connectivity index (χ4v) is 4.38. The highest BCUT2D eigenvalue weighted by Gasteiger charge is 2.33. The molecule has 128 valence electrons. The number of hydrogen-bond acceptors (Lipinski definition) is 5. The minimum atomic E-state index is -3.95. The Morgan fingerprint density at radius 1 is 1.33 bits per heavy atom. The van der Waals surface area contributed by atoms with Gasteiger partial charge in [-0.3, -0.25) is 9.10 Å². The Labute approximate surface area is 140 Å². The number of amides is 1. The number of aromatic nitrogens is 1. The van der Waals surface area contributed by atoms with Crippen LogP contribution >= 0.6 is 0 Å². The molecular formula is C16H19N3O4S. The maximum Gasteiger partial charge on any atom is 0.326 e. The Balaban J connectivity index is 1.82. The van der Waals surface area contributed by atoms with Crippen molar-refractivity contribution >= 4 is 21.8 Å². The Morgan fingerprint density at radius 2 is 2.04 bits per heavy atom. The molecule has 0 aliphatic carbocycles. The van der Waals surface area contributed by atoms with E-state index >= 15 is 0 Å². The van der Waals surface area contributed by atoms with Crippen LogP contribution in [0.5, 0.6) is 0 Å². The average Bonchev–Trinajstić information content (AvgIpc) is 3.10. The quantitative estimate of drug-likeness (QED) is 0.909. The molecule has 1 amide bonds. The van der Waals surface area contributed by atoms with E-state index in [4.69, 9.17) is 4.52 Å². The highest BCUT2D eigenvalue weighted by atomic mass is 32.2. The standard InChI is InChI=1S/C16H19N3O4S/c1-10(15-11(2)17-23-12(15)3)16(20)18-24(21,22)19-9-8-13-6-4-5-7-14(13)19/h4-7,10H,8-9H2,1-3H3,(H,18,20). The van der Waals surface area contributed by atoms with E-state index in [0.29, 0.717) is 35.7 Å². The fourth-order valence-electron chi connectivity index (χ4n) is 3.07. The molecule has 0 radical (unpaired) electrons. The zero-order chi connectivity index (χ0) is 17.5. The molecule has 1 aromatic carbocycles. The maximum absolute atomic E-state index is 12.6. The van der Waals surface area contributed by atoms with Gasteiger partial charge < -0.3 is 4.52 Å². The summed E-state index contributed by atoms with van der Waals surface area (Å²) in [5.41, 5.74) is 2.76. The first-order valence-corrected chi connectivity index (χ1v) is 9.10. The molecule has 0 saturated carbocycles. The summed E-state index contributed by atoms with van der Waals surface area (Å²) in [6.45, 7) is 5.38. The van der Waals surface area contributed by atoms with Crippen LogP contribution in [0.15, 0.2) is 28.8 Å². The zero-order valence-electron chi connectivity index (χ0n) is 13.7. The maximum atomic E-state index is 12.6. The molecule has 8 heteroatoms. The predicted molar refractivity (Wildman–Crippen MR) is 88.9 cm³/mol. The minimum absolute atomic E-state index is 0.321. The molecule has 3 rings (SSSR count). The number of fused-ring (bicyclic) bond motifs is 1. The van der Waals surface area contributed by atoms with Crippen LogP contribution in [0.3, 0.4) is 0 Å². The van der Waals surface area contributed by atoms with Crippen molar-refractivity contribution in [3.63, 3.8) is 0 Å². The predicted octanol–water partition coefficient (Wildman–Crippen LogP) is 1.82. The number of aryl methyl sites for hydroxylation is 2. The molecule has 24 heavy (non-hydrogen) atoms. The first-order valence-electron chi connectivity index (χ1n) is 7.66. The molecule has 0 spiro atoms. The number of benzene rings is 1. The van der Waals surface area contributed by atoms with Crippen LogP contribution in [-0.2, 0) is 21.4 Å². The third-order valence-corrected chi connectivity index (χ3v) is 5.70. The largest absolute Gasteiger partial charge is 0.361 e. The second kappa shape index (κ2) is 5.94. The second-order valence-electron chi connectivity index (χ2n) is 5.88. The molecule has 7 nitrogen and oxygen atoms in total. The molecule has 2 aromatic rings. The molecule has 0 bridgehead atoms. The van der Waals surface area contributed by atoms with Crippen molar-refractivity contribution in [1.82, 2.24) is 9.88 Å². The summed E-state index contributed by atoms with van der Waals surface area (Å²) in [6.07, 6.45) is 0.630. The minimum Gasteiger partial charge on any atom is -0.361 e.